The largest absolute Gasteiger partial charge is 0.454 e. The molecule has 0 amide bonds. The van der Waals surface area contributed by atoms with Gasteiger partial charge in [0.2, 0.25) is 0 Å². The zero-order valence-corrected chi connectivity index (χ0v) is 16.1. The quantitative estimate of drug-likeness (QED) is 0.267. The molecule has 0 unspecified atom stereocenters. The van der Waals surface area contributed by atoms with Gasteiger partial charge in [-0.15, -0.1) is 0 Å². The highest BCUT2D eigenvalue weighted by Crippen LogP contribution is 2.29. The number of nitrogens with zero attached hydrogens (tertiary/aromatic N) is 6. The lowest BCUT2D eigenvalue weighted by Gasteiger charge is -1.96. The van der Waals surface area contributed by atoms with E-state index in [1.807, 2.05) is 0 Å². The van der Waals surface area contributed by atoms with Crippen LogP contribution in [-0.4, -0.2) is 32.1 Å². The maximum atomic E-state index is 10.9. The first-order chi connectivity index (χ1) is 15.6. The van der Waals surface area contributed by atoms with Gasteiger partial charge in [-0.3, -0.25) is 50.4 Å². The molecule has 0 aliphatic carbocycles. The minimum Gasteiger partial charge on any atom is -0.454 e. The topological polar surface area (TPSA) is 210 Å². The number of hydrogen-bond acceptors (Lipinski definition) is 11. The Labute approximate surface area is 181 Å². The van der Waals surface area contributed by atoms with Crippen LogP contribution in [0.1, 0.15) is 11.5 Å². The van der Waals surface area contributed by atoms with Crippen LogP contribution in [0.5, 0.6) is 0 Å². The monoisotopic (exact) mass is 454 g/mol. The first kappa shape index (κ1) is 22.3. The summed E-state index contributed by atoms with van der Waals surface area (Å²) in [4.78, 5) is 48.5. The molecule has 2 aromatic carbocycles. The van der Waals surface area contributed by atoms with Crippen molar-refractivity contribution in [3.05, 3.63) is 101 Å². The van der Waals surface area contributed by atoms with Crippen molar-refractivity contribution in [1.82, 2.24) is 0 Å². The molecule has 0 bridgehead atoms. The lowest BCUT2D eigenvalue weighted by Crippen LogP contribution is -1.92. The van der Waals surface area contributed by atoms with Crippen molar-refractivity contribution in [3.8, 4) is 0 Å². The van der Waals surface area contributed by atoms with Crippen LogP contribution < -0.4 is 0 Å². The highest BCUT2D eigenvalue weighted by atomic mass is 16.6. The molecule has 0 N–H and O–H groups in total. The van der Waals surface area contributed by atoms with Crippen molar-refractivity contribution < 1.29 is 24.1 Å². The van der Waals surface area contributed by atoms with Crippen molar-refractivity contribution in [1.29, 1.82) is 0 Å². The molecule has 33 heavy (non-hydrogen) atoms. The van der Waals surface area contributed by atoms with E-state index >= 15 is 0 Å². The van der Waals surface area contributed by atoms with E-state index in [9.17, 15) is 40.5 Å². The molecule has 0 saturated carbocycles. The maximum Gasteiger partial charge on any atom is 0.278 e. The van der Waals surface area contributed by atoms with Crippen molar-refractivity contribution in [2.45, 2.75) is 0 Å². The summed E-state index contributed by atoms with van der Waals surface area (Å²) in [6.07, 6.45) is 2.33. The molecular formula is C18H10N6O9. The third-order valence-corrected chi connectivity index (χ3v) is 3.95. The molecule has 0 aliphatic heterocycles. The molecule has 1 heterocycles. The maximum absolute atomic E-state index is 10.9. The van der Waals surface area contributed by atoms with E-state index in [4.69, 9.17) is 4.42 Å². The van der Waals surface area contributed by atoms with E-state index < -0.39 is 42.4 Å². The number of rotatable bonds is 8. The zero-order chi connectivity index (χ0) is 24.1. The van der Waals surface area contributed by atoms with Crippen molar-refractivity contribution in [2.75, 3.05) is 0 Å². The highest BCUT2D eigenvalue weighted by molar-refractivity contribution is 5.84. The van der Waals surface area contributed by atoms with Gasteiger partial charge in [-0.2, -0.15) is 0 Å². The molecular weight excluding hydrogens is 444 g/mol. The standard InChI is InChI=1S/C18H10N6O9/c25-21(26)13-3-11(4-14(7-13)22(27)28)19-9-17-1-2-18(33-17)10-20-12-5-15(23(29)30)8-16(6-12)24(31)32/h1-10H. The molecule has 166 valence electrons. The molecule has 0 radical (unpaired) electrons. The van der Waals surface area contributed by atoms with E-state index in [-0.39, 0.29) is 22.9 Å². The van der Waals surface area contributed by atoms with Crippen LogP contribution in [0.2, 0.25) is 0 Å². The predicted octanol–water partition coefficient (Wildman–Crippen LogP) is 4.41. The minimum absolute atomic E-state index is 0.0496. The Balaban J connectivity index is 1.82. The molecule has 3 aromatic rings. The fourth-order valence-electron chi connectivity index (χ4n) is 2.51. The molecule has 15 heteroatoms. The average Bonchev–Trinajstić information content (AvgIpc) is 3.23. The smallest absolute Gasteiger partial charge is 0.278 e. The van der Waals surface area contributed by atoms with E-state index in [1.54, 1.807) is 0 Å². The van der Waals surface area contributed by atoms with E-state index in [0.717, 1.165) is 36.4 Å². The van der Waals surface area contributed by atoms with Crippen molar-refractivity contribution in [2.24, 2.45) is 9.98 Å². The van der Waals surface area contributed by atoms with Gasteiger partial charge in [0.15, 0.2) is 0 Å². The van der Waals surface area contributed by atoms with Crippen LogP contribution in [0.4, 0.5) is 34.1 Å². The molecule has 0 saturated heterocycles. The van der Waals surface area contributed by atoms with Gasteiger partial charge < -0.3 is 4.42 Å². The van der Waals surface area contributed by atoms with Crippen molar-refractivity contribution in [3.63, 3.8) is 0 Å². The van der Waals surface area contributed by atoms with Gasteiger partial charge in [0, 0.05) is 24.3 Å². The van der Waals surface area contributed by atoms with Gasteiger partial charge in [0.25, 0.3) is 22.7 Å². The number of non-ortho nitro benzene ring substituents is 4. The Morgan fingerprint density at radius 2 is 0.879 bits per heavy atom. The molecule has 15 nitrogen and oxygen atoms in total. The zero-order valence-electron chi connectivity index (χ0n) is 16.1. The summed E-state index contributed by atoms with van der Waals surface area (Å²) in [5.41, 5.74) is -2.12. The van der Waals surface area contributed by atoms with Gasteiger partial charge in [-0.1, -0.05) is 0 Å². The molecule has 1 aromatic heterocycles. The summed E-state index contributed by atoms with van der Waals surface area (Å²) >= 11 is 0. The van der Waals surface area contributed by atoms with Crippen LogP contribution >= 0.6 is 0 Å². The lowest BCUT2D eigenvalue weighted by molar-refractivity contribution is -0.394. The predicted molar refractivity (Wildman–Crippen MR) is 113 cm³/mol. The van der Waals surface area contributed by atoms with E-state index in [0.29, 0.717) is 0 Å². The van der Waals surface area contributed by atoms with Crippen LogP contribution in [0.15, 0.2) is 62.9 Å². The molecule has 0 atom stereocenters. The molecule has 0 fully saturated rings. The van der Waals surface area contributed by atoms with Gasteiger partial charge in [0.05, 0.1) is 55.6 Å². The second kappa shape index (κ2) is 9.21. The van der Waals surface area contributed by atoms with Crippen LogP contribution in [0.3, 0.4) is 0 Å². The lowest BCUT2D eigenvalue weighted by atomic mass is 10.2. The molecule has 3 rings (SSSR count). The summed E-state index contributed by atoms with van der Waals surface area (Å²) < 4.78 is 5.40. The van der Waals surface area contributed by atoms with Crippen LogP contribution in [0, 0.1) is 40.5 Å². The van der Waals surface area contributed by atoms with E-state index in [2.05, 4.69) is 9.98 Å². The van der Waals surface area contributed by atoms with Gasteiger partial charge in [0.1, 0.15) is 11.5 Å². The summed E-state index contributed by atoms with van der Waals surface area (Å²) in [5, 5.41) is 43.7. The van der Waals surface area contributed by atoms with Crippen LogP contribution in [0.25, 0.3) is 0 Å². The number of benzene rings is 2. The second-order valence-electron chi connectivity index (χ2n) is 6.20. The summed E-state index contributed by atoms with van der Waals surface area (Å²) in [6, 6.07) is 8.69. The summed E-state index contributed by atoms with van der Waals surface area (Å²) in [5.74, 6) is 0.325. The Kier molecular flexibility index (Phi) is 6.24. The third-order valence-electron chi connectivity index (χ3n) is 3.95. The number of nitro groups is 4. The number of hydrogen-bond donors (Lipinski definition) is 0. The average molecular weight is 454 g/mol. The second-order valence-corrected chi connectivity index (χ2v) is 6.20. The van der Waals surface area contributed by atoms with Gasteiger partial charge in [-0.25, -0.2) is 0 Å². The Bertz CT molecular complexity index is 1180. The normalized spacial score (nSPS) is 11.2. The van der Waals surface area contributed by atoms with Gasteiger partial charge >= 0.3 is 0 Å². The Morgan fingerprint density at radius 3 is 1.15 bits per heavy atom. The fraction of sp³-hybridized carbons (Fsp3) is 0. The van der Waals surface area contributed by atoms with Crippen LogP contribution in [-0.2, 0) is 0 Å². The number of nitro benzene ring substituents is 4. The van der Waals surface area contributed by atoms with Crippen molar-refractivity contribution >= 4 is 46.6 Å². The molecule has 0 spiro atoms. The first-order valence-corrected chi connectivity index (χ1v) is 8.68. The fourth-order valence-corrected chi connectivity index (χ4v) is 2.51. The van der Waals surface area contributed by atoms with E-state index in [1.165, 1.54) is 24.6 Å². The number of furan rings is 1. The third kappa shape index (κ3) is 5.63. The minimum atomic E-state index is -0.786. The number of aliphatic imine (C=N–C) groups is 2. The van der Waals surface area contributed by atoms with Gasteiger partial charge in [-0.05, 0) is 12.1 Å². The first-order valence-electron chi connectivity index (χ1n) is 8.68. The highest BCUT2D eigenvalue weighted by Gasteiger charge is 2.17. The SMILES string of the molecule is O=[N+]([O-])c1cc(N=Cc2ccc(C=Nc3cc([N+](=O)[O-])cc([N+](=O)[O-])c3)o2)cc([N+](=O)[O-])c1. The Morgan fingerprint density at radius 1 is 0.576 bits per heavy atom. The Hall–Kier alpha value is -5.34. The summed E-state index contributed by atoms with van der Waals surface area (Å²) in [6.45, 7) is 0. The molecule has 0 aliphatic rings. The summed E-state index contributed by atoms with van der Waals surface area (Å²) in [7, 11) is 0.